The maximum Gasteiger partial charge on any atom is 0.312 e. The minimum atomic E-state index is -0.400. The Morgan fingerprint density at radius 2 is 2.15 bits per heavy atom. The van der Waals surface area contributed by atoms with Gasteiger partial charge in [-0.1, -0.05) is 32.6 Å². The van der Waals surface area contributed by atoms with Crippen molar-refractivity contribution >= 4 is 6.03 Å². The molecule has 0 saturated heterocycles. The molecule has 3 N–H and O–H groups in total. The Kier molecular flexibility index (Phi) is 4.06. The Labute approximate surface area is 80.1 Å². The van der Waals surface area contributed by atoms with Crippen LogP contribution in [0.3, 0.4) is 0 Å². The van der Waals surface area contributed by atoms with Gasteiger partial charge in [-0.25, -0.2) is 4.79 Å². The summed E-state index contributed by atoms with van der Waals surface area (Å²) in [6.07, 6.45) is 6.49. The normalized spacial score (nSPS) is 28.4. The lowest BCUT2D eigenvalue weighted by molar-refractivity contribution is 0.232. The fourth-order valence-corrected chi connectivity index (χ4v) is 2.20. The highest BCUT2D eigenvalue weighted by atomic mass is 16.2. The van der Waals surface area contributed by atoms with Crippen LogP contribution in [0.25, 0.3) is 0 Å². The van der Waals surface area contributed by atoms with E-state index in [4.69, 9.17) is 5.73 Å². The van der Waals surface area contributed by atoms with E-state index in [9.17, 15) is 4.79 Å². The highest BCUT2D eigenvalue weighted by Gasteiger charge is 2.20. The molecule has 0 spiro atoms. The number of hydrogen-bond donors (Lipinski definition) is 2. The molecular weight excluding hydrogens is 164 g/mol. The van der Waals surface area contributed by atoms with Crippen LogP contribution in [-0.2, 0) is 0 Å². The SMILES string of the molecule is CC1CCCCC1CCNC(N)=O. The third-order valence-electron chi connectivity index (χ3n) is 3.10. The third-order valence-corrected chi connectivity index (χ3v) is 3.10. The zero-order valence-electron chi connectivity index (χ0n) is 8.38. The molecule has 2 amide bonds. The van der Waals surface area contributed by atoms with Crippen molar-refractivity contribution < 1.29 is 4.79 Å². The molecule has 1 aliphatic rings. The average molecular weight is 184 g/mol. The predicted octanol–water partition coefficient (Wildman–Crippen LogP) is 1.87. The van der Waals surface area contributed by atoms with Crippen LogP contribution in [0.1, 0.15) is 39.0 Å². The highest BCUT2D eigenvalue weighted by Crippen LogP contribution is 2.31. The summed E-state index contributed by atoms with van der Waals surface area (Å²) in [5, 5.41) is 2.65. The van der Waals surface area contributed by atoms with Crippen molar-refractivity contribution in [3.8, 4) is 0 Å². The number of carbonyl (C=O) groups is 1. The minimum Gasteiger partial charge on any atom is -0.352 e. The van der Waals surface area contributed by atoms with Gasteiger partial charge in [0.15, 0.2) is 0 Å². The van der Waals surface area contributed by atoms with E-state index in [1.54, 1.807) is 0 Å². The summed E-state index contributed by atoms with van der Waals surface area (Å²) in [5.41, 5.74) is 4.99. The molecule has 0 bridgehead atoms. The molecule has 13 heavy (non-hydrogen) atoms. The third kappa shape index (κ3) is 3.66. The van der Waals surface area contributed by atoms with E-state index < -0.39 is 6.03 Å². The maximum absolute atomic E-state index is 10.4. The van der Waals surface area contributed by atoms with Crippen molar-refractivity contribution in [1.82, 2.24) is 5.32 Å². The van der Waals surface area contributed by atoms with Gasteiger partial charge in [0.1, 0.15) is 0 Å². The summed E-state index contributed by atoms with van der Waals surface area (Å²) in [6, 6.07) is -0.400. The number of hydrogen-bond acceptors (Lipinski definition) is 1. The Morgan fingerprint density at radius 1 is 1.46 bits per heavy atom. The minimum absolute atomic E-state index is 0.400. The Morgan fingerprint density at radius 3 is 2.77 bits per heavy atom. The number of amides is 2. The first-order valence-corrected chi connectivity index (χ1v) is 5.23. The smallest absolute Gasteiger partial charge is 0.312 e. The van der Waals surface area contributed by atoms with Crippen LogP contribution in [0, 0.1) is 11.8 Å². The highest BCUT2D eigenvalue weighted by molar-refractivity contribution is 5.71. The van der Waals surface area contributed by atoms with E-state index in [2.05, 4.69) is 12.2 Å². The molecule has 1 fully saturated rings. The topological polar surface area (TPSA) is 55.1 Å². The van der Waals surface area contributed by atoms with Gasteiger partial charge in [0, 0.05) is 6.54 Å². The quantitative estimate of drug-likeness (QED) is 0.691. The molecule has 1 saturated carbocycles. The van der Waals surface area contributed by atoms with Crippen LogP contribution < -0.4 is 11.1 Å². The van der Waals surface area contributed by atoms with Crippen molar-refractivity contribution in [2.45, 2.75) is 39.0 Å². The lowest BCUT2D eigenvalue weighted by atomic mass is 9.79. The van der Waals surface area contributed by atoms with E-state index >= 15 is 0 Å². The Bertz CT molecular complexity index is 170. The van der Waals surface area contributed by atoms with Crippen LogP contribution in [0.15, 0.2) is 0 Å². The van der Waals surface area contributed by atoms with E-state index in [1.807, 2.05) is 0 Å². The van der Waals surface area contributed by atoms with Gasteiger partial charge in [0.05, 0.1) is 0 Å². The molecule has 0 aromatic carbocycles. The second kappa shape index (κ2) is 5.10. The molecular formula is C10H20N2O. The van der Waals surface area contributed by atoms with Crippen molar-refractivity contribution in [3.05, 3.63) is 0 Å². The fraction of sp³-hybridized carbons (Fsp3) is 0.900. The number of primary amides is 1. The van der Waals surface area contributed by atoms with Crippen LogP contribution in [0.2, 0.25) is 0 Å². The lowest BCUT2D eigenvalue weighted by Gasteiger charge is -2.28. The van der Waals surface area contributed by atoms with Gasteiger partial charge in [-0.3, -0.25) is 0 Å². The van der Waals surface area contributed by atoms with Crippen molar-refractivity contribution in [3.63, 3.8) is 0 Å². The Hall–Kier alpha value is -0.730. The molecule has 2 atom stereocenters. The number of carbonyl (C=O) groups excluding carboxylic acids is 1. The van der Waals surface area contributed by atoms with Gasteiger partial charge in [-0.05, 0) is 18.3 Å². The largest absolute Gasteiger partial charge is 0.352 e. The first-order chi connectivity index (χ1) is 6.20. The predicted molar refractivity (Wildman–Crippen MR) is 53.3 cm³/mol. The first kappa shape index (κ1) is 10.4. The summed E-state index contributed by atoms with van der Waals surface area (Å²) < 4.78 is 0. The molecule has 0 aromatic rings. The molecule has 76 valence electrons. The first-order valence-electron chi connectivity index (χ1n) is 5.23. The van der Waals surface area contributed by atoms with Crippen LogP contribution in [0.4, 0.5) is 4.79 Å². The van der Waals surface area contributed by atoms with E-state index in [1.165, 1.54) is 25.7 Å². The van der Waals surface area contributed by atoms with Crippen LogP contribution in [0.5, 0.6) is 0 Å². The summed E-state index contributed by atoms with van der Waals surface area (Å²) in [4.78, 5) is 10.4. The van der Waals surface area contributed by atoms with Gasteiger partial charge < -0.3 is 11.1 Å². The molecule has 1 aliphatic carbocycles. The molecule has 0 heterocycles. The monoisotopic (exact) mass is 184 g/mol. The van der Waals surface area contributed by atoms with E-state index in [-0.39, 0.29) is 0 Å². The number of nitrogens with two attached hydrogens (primary N) is 1. The zero-order valence-corrected chi connectivity index (χ0v) is 8.38. The second-order valence-corrected chi connectivity index (χ2v) is 4.10. The van der Waals surface area contributed by atoms with Crippen molar-refractivity contribution in [2.75, 3.05) is 6.54 Å². The molecule has 1 rings (SSSR count). The van der Waals surface area contributed by atoms with E-state index in [0.717, 1.165) is 24.8 Å². The number of nitrogens with one attached hydrogen (secondary N) is 1. The van der Waals surface area contributed by atoms with Gasteiger partial charge in [0.2, 0.25) is 0 Å². The standard InChI is InChI=1S/C10H20N2O/c1-8-4-2-3-5-9(8)6-7-12-10(11)13/h8-9H,2-7H2,1H3,(H3,11,12,13). The average Bonchev–Trinajstić information content (AvgIpc) is 2.08. The second-order valence-electron chi connectivity index (χ2n) is 4.10. The molecule has 0 aromatic heterocycles. The zero-order chi connectivity index (χ0) is 9.68. The molecule has 3 nitrogen and oxygen atoms in total. The van der Waals surface area contributed by atoms with Crippen molar-refractivity contribution in [2.24, 2.45) is 17.6 Å². The summed E-state index contributed by atoms with van der Waals surface area (Å²) in [7, 11) is 0. The summed E-state index contributed by atoms with van der Waals surface area (Å²) >= 11 is 0. The van der Waals surface area contributed by atoms with Gasteiger partial charge in [-0.15, -0.1) is 0 Å². The lowest BCUT2D eigenvalue weighted by Crippen LogP contribution is -2.32. The van der Waals surface area contributed by atoms with Crippen LogP contribution >= 0.6 is 0 Å². The van der Waals surface area contributed by atoms with E-state index in [0.29, 0.717) is 0 Å². The van der Waals surface area contributed by atoms with Crippen molar-refractivity contribution in [1.29, 1.82) is 0 Å². The molecule has 0 radical (unpaired) electrons. The van der Waals surface area contributed by atoms with Crippen LogP contribution in [-0.4, -0.2) is 12.6 Å². The van der Waals surface area contributed by atoms with Gasteiger partial charge in [-0.2, -0.15) is 0 Å². The number of urea groups is 1. The molecule has 0 aliphatic heterocycles. The maximum atomic E-state index is 10.4. The molecule has 2 unspecified atom stereocenters. The summed E-state index contributed by atoms with van der Waals surface area (Å²) in [6.45, 7) is 3.05. The summed E-state index contributed by atoms with van der Waals surface area (Å²) in [5.74, 6) is 1.61. The van der Waals surface area contributed by atoms with Gasteiger partial charge >= 0.3 is 6.03 Å². The Balaban J connectivity index is 2.15. The fourth-order valence-electron chi connectivity index (χ4n) is 2.20. The van der Waals surface area contributed by atoms with Gasteiger partial charge in [0.25, 0.3) is 0 Å². The molecule has 3 heteroatoms. The number of rotatable bonds is 3.